The Labute approximate surface area is 170 Å². The van der Waals surface area contributed by atoms with Gasteiger partial charge >= 0.3 is 6.03 Å². The number of hydrogen-bond acceptors (Lipinski definition) is 2. The van der Waals surface area contributed by atoms with Crippen molar-refractivity contribution >= 4 is 28.5 Å². The first kappa shape index (κ1) is 19.1. The molecule has 1 fully saturated rings. The van der Waals surface area contributed by atoms with Crippen molar-refractivity contribution in [3.05, 3.63) is 66.9 Å². The van der Waals surface area contributed by atoms with E-state index in [9.17, 15) is 9.59 Å². The monoisotopic (exact) mass is 390 g/mol. The van der Waals surface area contributed by atoms with Crippen molar-refractivity contribution in [3.8, 4) is 0 Å². The molecule has 3 amide bonds. The third-order valence-electron chi connectivity index (χ3n) is 5.43. The lowest BCUT2D eigenvalue weighted by Gasteiger charge is -2.32. The highest BCUT2D eigenvalue weighted by atomic mass is 16.2. The number of aromatic nitrogens is 1. The summed E-state index contributed by atoms with van der Waals surface area (Å²) in [5.74, 6) is 0.0648. The van der Waals surface area contributed by atoms with Crippen molar-refractivity contribution in [2.75, 3.05) is 18.4 Å². The molecule has 29 heavy (non-hydrogen) atoms. The molecule has 2 N–H and O–H groups in total. The maximum absolute atomic E-state index is 12.4. The fourth-order valence-electron chi connectivity index (χ4n) is 3.81. The van der Waals surface area contributed by atoms with Crippen LogP contribution in [0.15, 0.2) is 66.9 Å². The van der Waals surface area contributed by atoms with Crippen LogP contribution in [0.3, 0.4) is 0 Å². The summed E-state index contributed by atoms with van der Waals surface area (Å²) in [4.78, 5) is 26.6. The van der Waals surface area contributed by atoms with Crippen LogP contribution in [0, 0.1) is 0 Å². The van der Waals surface area contributed by atoms with Crippen molar-refractivity contribution in [2.24, 2.45) is 0 Å². The Morgan fingerprint density at radius 1 is 0.931 bits per heavy atom. The first-order chi connectivity index (χ1) is 14.2. The Morgan fingerprint density at radius 2 is 1.66 bits per heavy atom. The van der Waals surface area contributed by atoms with Crippen LogP contribution in [0.4, 0.5) is 10.5 Å². The van der Waals surface area contributed by atoms with E-state index in [0.29, 0.717) is 26.1 Å². The van der Waals surface area contributed by atoms with Gasteiger partial charge in [-0.1, -0.05) is 36.4 Å². The number of para-hydroxylation sites is 2. The molecule has 3 aromatic rings. The zero-order valence-corrected chi connectivity index (χ0v) is 16.4. The second kappa shape index (κ2) is 8.82. The number of anilines is 1. The van der Waals surface area contributed by atoms with Gasteiger partial charge in [0.25, 0.3) is 0 Å². The number of rotatable bonds is 5. The van der Waals surface area contributed by atoms with E-state index in [2.05, 4.69) is 33.4 Å². The fraction of sp³-hybridized carbons (Fsp3) is 0.304. The molecule has 1 saturated heterocycles. The SMILES string of the molecule is O=C(CCn1ccc2ccccc21)NC1CCN(C(=O)Nc2ccccc2)CC1. The van der Waals surface area contributed by atoms with Gasteiger partial charge in [0.2, 0.25) is 5.91 Å². The van der Waals surface area contributed by atoms with Crippen LogP contribution in [0.1, 0.15) is 19.3 Å². The summed E-state index contributed by atoms with van der Waals surface area (Å²) in [6.07, 6.45) is 4.04. The van der Waals surface area contributed by atoms with Crippen LogP contribution in [-0.2, 0) is 11.3 Å². The number of urea groups is 1. The van der Waals surface area contributed by atoms with Crippen LogP contribution >= 0.6 is 0 Å². The molecular formula is C23H26N4O2. The second-order valence-electron chi connectivity index (χ2n) is 7.44. The molecule has 2 heterocycles. The van der Waals surface area contributed by atoms with E-state index in [1.807, 2.05) is 53.6 Å². The molecule has 6 heteroatoms. The minimum atomic E-state index is -0.0829. The second-order valence-corrected chi connectivity index (χ2v) is 7.44. The van der Waals surface area contributed by atoms with Crippen LogP contribution in [0.5, 0.6) is 0 Å². The van der Waals surface area contributed by atoms with Crippen LogP contribution < -0.4 is 10.6 Å². The van der Waals surface area contributed by atoms with Crippen molar-refractivity contribution < 1.29 is 9.59 Å². The number of hydrogen-bond donors (Lipinski definition) is 2. The molecular weight excluding hydrogens is 364 g/mol. The highest BCUT2D eigenvalue weighted by molar-refractivity contribution is 5.89. The van der Waals surface area contributed by atoms with E-state index in [4.69, 9.17) is 0 Å². The summed E-state index contributed by atoms with van der Waals surface area (Å²) in [7, 11) is 0. The van der Waals surface area contributed by atoms with E-state index in [0.717, 1.165) is 24.0 Å². The van der Waals surface area contributed by atoms with Crippen molar-refractivity contribution in [1.82, 2.24) is 14.8 Å². The number of piperidine rings is 1. The minimum absolute atomic E-state index is 0.0648. The van der Waals surface area contributed by atoms with E-state index < -0.39 is 0 Å². The molecule has 1 aliphatic heterocycles. The molecule has 1 aromatic heterocycles. The van der Waals surface area contributed by atoms with Gasteiger partial charge < -0.3 is 20.1 Å². The van der Waals surface area contributed by atoms with E-state index in [1.54, 1.807) is 0 Å². The molecule has 0 aliphatic carbocycles. The number of nitrogens with zero attached hydrogens (tertiary/aromatic N) is 2. The summed E-state index contributed by atoms with van der Waals surface area (Å²) < 4.78 is 2.12. The molecule has 150 valence electrons. The molecule has 0 saturated carbocycles. The Hall–Kier alpha value is -3.28. The van der Waals surface area contributed by atoms with Crippen molar-refractivity contribution in [1.29, 1.82) is 0 Å². The van der Waals surface area contributed by atoms with Gasteiger partial charge in [-0.05, 0) is 42.5 Å². The highest BCUT2D eigenvalue weighted by Gasteiger charge is 2.23. The number of likely N-dealkylation sites (tertiary alicyclic amines) is 1. The number of aryl methyl sites for hydroxylation is 1. The smallest absolute Gasteiger partial charge is 0.321 e. The molecule has 0 radical (unpaired) electrons. The van der Waals surface area contributed by atoms with Gasteiger partial charge in [-0.15, -0.1) is 0 Å². The molecule has 6 nitrogen and oxygen atoms in total. The first-order valence-electron chi connectivity index (χ1n) is 10.1. The molecule has 0 spiro atoms. The van der Waals surface area contributed by atoms with Gasteiger partial charge in [0.1, 0.15) is 0 Å². The van der Waals surface area contributed by atoms with Crippen LogP contribution in [0.2, 0.25) is 0 Å². The summed E-state index contributed by atoms with van der Waals surface area (Å²) in [5, 5.41) is 7.23. The number of fused-ring (bicyclic) bond motifs is 1. The molecule has 4 rings (SSSR count). The Bertz CT molecular complexity index is 975. The van der Waals surface area contributed by atoms with Crippen LogP contribution in [0.25, 0.3) is 10.9 Å². The highest BCUT2D eigenvalue weighted by Crippen LogP contribution is 2.16. The number of amides is 3. The lowest BCUT2D eigenvalue weighted by molar-refractivity contribution is -0.122. The summed E-state index contributed by atoms with van der Waals surface area (Å²) in [6.45, 7) is 1.95. The Morgan fingerprint density at radius 3 is 2.45 bits per heavy atom. The van der Waals surface area contributed by atoms with Gasteiger partial charge in [-0.25, -0.2) is 4.79 Å². The Balaban J connectivity index is 1.21. The van der Waals surface area contributed by atoms with Crippen molar-refractivity contribution in [2.45, 2.75) is 31.8 Å². The third-order valence-corrected chi connectivity index (χ3v) is 5.43. The normalized spacial score (nSPS) is 14.7. The molecule has 0 unspecified atom stereocenters. The quantitative estimate of drug-likeness (QED) is 0.695. The van der Waals surface area contributed by atoms with E-state index >= 15 is 0 Å². The van der Waals surface area contributed by atoms with E-state index in [-0.39, 0.29) is 18.0 Å². The average Bonchev–Trinajstić information content (AvgIpc) is 3.17. The standard InChI is InChI=1S/C23H26N4O2/c28-22(13-17-26-14-10-18-6-4-5-9-21(18)26)24-20-11-15-27(16-12-20)23(29)25-19-7-2-1-3-8-19/h1-10,14,20H,11-13,15-17H2,(H,24,28)(H,25,29). The van der Waals surface area contributed by atoms with Gasteiger partial charge in [0.15, 0.2) is 0 Å². The lowest BCUT2D eigenvalue weighted by atomic mass is 10.1. The zero-order chi connectivity index (χ0) is 20.1. The van der Waals surface area contributed by atoms with Gasteiger partial charge in [0.05, 0.1) is 0 Å². The zero-order valence-electron chi connectivity index (χ0n) is 16.4. The maximum Gasteiger partial charge on any atom is 0.321 e. The third kappa shape index (κ3) is 4.77. The molecule has 1 aliphatic rings. The number of benzene rings is 2. The predicted molar refractivity (Wildman–Crippen MR) is 115 cm³/mol. The van der Waals surface area contributed by atoms with Gasteiger partial charge in [-0.3, -0.25) is 4.79 Å². The number of carbonyl (C=O) groups is 2. The van der Waals surface area contributed by atoms with Crippen molar-refractivity contribution in [3.63, 3.8) is 0 Å². The first-order valence-corrected chi connectivity index (χ1v) is 10.1. The summed E-state index contributed by atoms with van der Waals surface area (Å²) in [5.41, 5.74) is 1.95. The van der Waals surface area contributed by atoms with Gasteiger partial charge in [-0.2, -0.15) is 0 Å². The summed E-state index contributed by atoms with van der Waals surface area (Å²) >= 11 is 0. The van der Waals surface area contributed by atoms with Gasteiger partial charge in [0, 0.05) is 49.5 Å². The lowest BCUT2D eigenvalue weighted by Crippen LogP contribution is -2.47. The number of nitrogens with one attached hydrogen (secondary N) is 2. The maximum atomic E-state index is 12.4. The Kier molecular flexibility index (Phi) is 5.79. The molecule has 0 atom stereocenters. The topological polar surface area (TPSA) is 66.4 Å². The predicted octanol–water partition coefficient (Wildman–Crippen LogP) is 3.84. The average molecular weight is 390 g/mol. The van der Waals surface area contributed by atoms with E-state index in [1.165, 1.54) is 5.39 Å². The molecule has 2 aromatic carbocycles. The van der Waals surface area contributed by atoms with Crippen LogP contribution in [-0.4, -0.2) is 40.5 Å². The molecule has 0 bridgehead atoms. The minimum Gasteiger partial charge on any atom is -0.353 e. The fourth-order valence-corrected chi connectivity index (χ4v) is 3.81. The largest absolute Gasteiger partial charge is 0.353 e. The summed E-state index contributed by atoms with van der Waals surface area (Å²) in [6, 6.07) is 19.8. The number of carbonyl (C=O) groups excluding carboxylic acids is 2.